The average molecular weight is 367 g/mol. The summed E-state index contributed by atoms with van der Waals surface area (Å²) in [6, 6.07) is -0.226. The number of hydrogen-bond donors (Lipinski definition) is 1. The summed E-state index contributed by atoms with van der Waals surface area (Å²) in [6.45, 7) is 3.73. The summed E-state index contributed by atoms with van der Waals surface area (Å²) in [5.74, 6) is -0.345. The molecule has 6 heteroatoms. The maximum absolute atomic E-state index is 11.9. The number of fused-ring (bicyclic) bond motifs is 2. The number of carbonyl (C=O) groups is 1. The first-order chi connectivity index (χ1) is 12.5. The molecule has 2 N–H and O–H groups in total. The fraction of sp³-hybridized carbons (Fsp3) is 0.850. The van der Waals surface area contributed by atoms with Crippen molar-refractivity contribution < 1.29 is 23.7 Å². The van der Waals surface area contributed by atoms with E-state index in [0.717, 1.165) is 45.1 Å². The van der Waals surface area contributed by atoms with Gasteiger partial charge in [0.15, 0.2) is 0 Å². The summed E-state index contributed by atoms with van der Waals surface area (Å²) < 4.78 is 22.8. The standard InChI is InChI=1S/C20H33NO5/c1-14(25-12-20-9-7-15(8-10-20)26-13-20)17(21)11-24-18-6-4-3-5-16(18)19(22)23-2/h7,9,14-18H,3-6,8,10-13,21H2,1-2H3/t14-,15?,16-,17-,18-,20?/m1/s1. The summed E-state index contributed by atoms with van der Waals surface area (Å²) in [4.78, 5) is 11.9. The first-order valence-corrected chi connectivity index (χ1v) is 9.90. The molecule has 1 saturated carbocycles. The van der Waals surface area contributed by atoms with Crippen LogP contribution in [0.25, 0.3) is 0 Å². The summed E-state index contributed by atoms with van der Waals surface area (Å²) >= 11 is 0. The molecular formula is C20H33NO5. The van der Waals surface area contributed by atoms with E-state index in [1.165, 1.54) is 7.11 Å². The average Bonchev–Trinajstić information content (AvgIpc) is 2.71. The van der Waals surface area contributed by atoms with Crippen molar-refractivity contribution in [2.75, 3.05) is 26.9 Å². The van der Waals surface area contributed by atoms with Gasteiger partial charge in [0, 0.05) is 5.41 Å². The second kappa shape index (κ2) is 8.83. The topological polar surface area (TPSA) is 80.0 Å². The Morgan fingerprint density at radius 1 is 1.35 bits per heavy atom. The van der Waals surface area contributed by atoms with Crippen LogP contribution < -0.4 is 5.73 Å². The number of ether oxygens (including phenoxy) is 4. The van der Waals surface area contributed by atoms with Crippen molar-refractivity contribution in [2.45, 2.75) is 69.8 Å². The van der Waals surface area contributed by atoms with Gasteiger partial charge in [0.25, 0.3) is 0 Å². The molecule has 2 heterocycles. The molecule has 0 aromatic carbocycles. The lowest BCUT2D eigenvalue weighted by Crippen LogP contribution is -2.46. The molecule has 2 bridgehead atoms. The minimum atomic E-state index is -0.226. The van der Waals surface area contributed by atoms with Crippen LogP contribution >= 0.6 is 0 Å². The summed E-state index contributed by atoms with van der Waals surface area (Å²) in [5.41, 5.74) is 6.29. The lowest BCUT2D eigenvalue weighted by atomic mass is 9.77. The molecular weight excluding hydrogens is 334 g/mol. The Balaban J connectivity index is 1.43. The Hall–Kier alpha value is -0.950. The van der Waals surface area contributed by atoms with E-state index in [1.807, 2.05) is 6.92 Å². The van der Waals surface area contributed by atoms with Gasteiger partial charge < -0.3 is 24.7 Å². The Kier molecular flexibility index (Phi) is 6.72. The molecule has 26 heavy (non-hydrogen) atoms. The van der Waals surface area contributed by atoms with Gasteiger partial charge in [-0.05, 0) is 32.6 Å². The van der Waals surface area contributed by atoms with Crippen molar-refractivity contribution in [1.29, 1.82) is 0 Å². The third kappa shape index (κ3) is 4.66. The zero-order valence-corrected chi connectivity index (χ0v) is 16.0. The Morgan fingerprint density at radius 3 is 2.81 bits per heavy atom. The van der Waals surface area contributed by atoms with Crippen molar-refractivity contribution in [3.05, 3.63) is 12.2 Å². The van der Waals surface area contributed by atoms with E-state index in [9.17, 15) is 4.79 Å². The molecule has 6 nitrogen and oxygen atoms in total. The maximum Gasteiger partial charge on any atom is 0.311 e. The third-order valence-corrected chi connectivity index (χ3v) is 6.12. The van der Waals surface area contributed by atoms with Crippen LogP contribution in [0.15, 0.2) is 12.2 Å². The molecule has 2 aliphatic heterocycles. The van der Waals surface area contributed by atoms with Crippen LogP contribution in [0.1, 0.15) is 45.4 Å². The molecule has 2 fully saturated rings. The van der Waals surface area contributed by atoms with E-state index in [1.54, 1.807) is 0 Å². The highest BCUT2D eigenvalue weighted by atomic mass is 16.5. The molecule has 148 valence electrons. The number of esters is 1. The SMILES string of the molecule is COC(=O)[C@@H]1CCCC[C@H]1OC[C@@H](N)[C@@H](C)OCC12C=CC(CC1)OC2. The third-order valence-electron chi connectivity index (χ3n) is 6.12. The molecule has 2 aliphatic carbocycles. The second-order valence-corrected chi connectivity index (χ2v) is 8.08. The monoisotopic (exact) mass is 367 g/mol. The minimum absolute atomic E-state index is 0.00291. The number of carbonyl (C=O) groups excluding carboxylic acids is 1. The zero-order chi connectivity index (χ0) is 18.6. The highest BCUT2D eigenvalue weighted by molar-refractivity contribution is 5.73. The van der Waals surface area contributed by atoms with Crippen LogP contribution in [0.5, 0.6) is 0 Å². The van der Waals surface area contributed by atoms with E-state index >= 15 is 0 Å². The van der Waals surface area contributed by atoms with Crippen molar-refractivity contribution in [1.82, 2.24) is 0 Å². The van der Waals surface area contributed by atoms with Crippen molar-refractivity contribution in [2.24, 2.45) is 17.1 Å². The van der Waals surface area contributed by atoms with Gasteiger partial charge in [-0.25, -0.2) is 0 Å². The van der Waals surface area contributed by atoms with Crippen molar-refractivity contribution in [3.8, 4) is 0 Å². The molecule has 0 aromatic heterocycles. The molecule has 0 aromatic rings. The van der Waals surface area contributed by atoms with Gasteiger partial charge in [-0.15, -0.1) is 0 Å². The van der Waals surface area contributed by atoms with E-state index < -0.39 is 0 Å². The van der Waals surface area contributed by atoms with Crippen LogP contribution in [0.3, 0.4) is 0 Å². The van der Waals surface area contributed by atoms with Gasteiger partial charge in [0.1, 0.15) is 0 Å². The maximum atomic E-state index is 11.9. The van der Waals surface area contributed by atoms with Gasteiger partial charge in [-0.1, -0.05) is 25.0 Å². The lowest BCUT2D eigenvalue weighted by Gasteiger charge is -2.42. The number of nitrogens with two attached hydrogens (primary N) is 1. The van der Waals surface area contributed by atoms with Gasteiger partial charge in [-0.3, -0.25) is 4.79 Å². The van der Waals surface area contributed by atoms with Crippen LogP contribution in [0.4, 0.5) is 0 Å². The van der Waals surface area contributed by atoms with Crippen molar-refractivity contribution in [3.63, 3.8) is 0 Å². The predicted octanol–water partition coefficient (Wildman–Crippen LogP) is 2.20. The molecule has 4 aliphatic rings. The quantitative estimate of drug-likeness (QED) is 0.523. The highest BCUT2D eigenvalue weighted by Gasteiger charge is 2.38. The Bertz CT molecular complexity index is 500. The Labute approximate surface area is 156 Å². The highest BCUT2D eigenvalue weighted by Crippen LogP contribution is 2.38. The van der Waals surface area contributed by atoms with Crippen LogP contribution in [-0.4, -0.2) is 57.3 Å². The van der Waals surface area contributed by atoms with E-state index in [0.29, 0.717) is 19.3 Å². The molecule has 4 rings (SSSR count). The predicted molar refractivity (Wildman–Crippen MR) is 97.7 cm³/mol. The van der Waals surface area contributed by atoms with Gasteiger partial charge in [0.2, 0.25) is 0 Å². The fourth-order valence-corrected chi connectivity index (χ4v) is 4.12. The smallest absolute Gasteiger partial charge is 0.311 e. The molecule has 2 unspecified atom stereocenters. The second-order valence-electron chi connectivity index (χ2n) is 8.08. The normalized spacial score (nSPS) is 35.9. The number of methoxy groups -OCH3 is 1. The summed E-state index contributed by atoms with van der Waals surface area (Å²) in [7, 11) is 1.44. The van der Waals surface area contributed by atoms with Crippen LogP contribution in [0, 0.1) is 11.3 Å². The number of hydrogen-bond acceptors (Lipinski definition) is 6. The zero-order valence-electron chi connectivity index (χ0n) is 16.0. The molecule has 1 saturated heterocycles. The van der Waals surface area contributed by atoms with Gasteiger partial charge in [0.05, 0.1) is 57.2 Å². The fourth-order valence-electron chi connectivity index (χ4n) is 4.12. The van der Waals surface area contributed by atoms with Crippen LogP contribution in [0.2, 0.25) is 0 Å². The largest absolute Gasteiger partial charge is 0.469 e. The van der Waals surface area contributed by atoms with Gasteiger partial charge in [-0.2, -0.15) is 0 Å². The lowest BCUT2D eigenvalue weighted by molar-refractivity contribution is -0.154. The molecule has 0 amide bonds. The van der Waals surface area contributed by atoms with E-state index in [-0.39, 0.29) is 35.6 Å². The summed E-state index contributed by atoms with van der Waals surface area (Å²) in [5, 5.41) is 0. The molecule has 6 atom stereocenters. The summed E-state index contributed by atoms with van der Waals surface area (Å²) in [6.07, 6.45) is 10.5. The van der Waals surface area contributed by atoms with Crippen LogP contribution in [-0.2, 0) is 23.7 Å². The minimum Gasteiger partial charge on any atom is -0.469 e. The number of rotatable bonds is 8. The van der Waals surface area contributed by atoms with Crippen molar-refractivity contribution >= 4 is 5.97 Å². The molecule has 0 spiro atoms. The molecule has 0 radical (unpaired) electrons. The van der Waals surface area contributed by atoms with E-state index in [2.05, 4.69) is 12.2 Å². The Morgan fingerprint density at radius 2 is 2.15 bits per heavy atom. The first kappa shape index (κ1) is 19.8. The van der Waals surface area contributed by atoms with E-state index in [4.69, 9.17) is 24.7 Å². The van der Waals surface area contributed by atoms with Gasteiger partial charge >= 0.3 is 5.97 Å². The first-order valence-electron chi connectivity index (χ1n) is 9.90.